The van der Waals surface area contributed by atoms with Crippen LogP contribution >= 0.6 is 0 Å². The number of aromatic nitrogens is 1. The Morgan fingerprint density at radius 3 is 2.71 bits per heavy atom. The summed E-state index contributed by atoms with van der Waals surface area (Å²) in [4.78, 5) is 4.18. The first-order chi connectivity index (χ1) is 9.98. The summed E-state index contributed by atoms with van der Waals surface area (Å²) >= 11 is 0. The molecule has 0 aliphatic carbocycles. The van der Waals surface area contributed by atoms with E-state index in [4.69, 9.17) is 0 Å². The molecule has 0 amide bonds. The van der Waals surface area contributed by atoms with Crippen LogP contribution in [0.4, 0.5) is 18.9 Å². The summed E-state index contributed by atoms with van der Waals surface area (Å²) in [5.41, 5.74) is 2.03. The van der Waals surface area contributed by atoms with Gasteiger partial charge in [0, 0.05) is 24.0 Å². The lowest BCUT2D eigenvalue weighted by Crippen LogP contribution is -2.17. The van der Waals surface area contributed by atoms with Gasteiger partial charge in [-0.3, -0.25) is 4.98 Å². The molecule has 6 heteroatoms. The average molecular weight is 296 g/mol. The number of nitrogens with one attached hydrogen (secondary N) is 1. The third-order valence-corrected chi connectivity index (χ3v) is 2.70. The second-order valence-corrected chi connectivity index (χ2v) is 4.43. The minimum Gasteiger partial charge on any atom is -0.406 e. The molecule has 0 fully saturated rings. The number of ether oxygens (including phenoxy) is 1. The first kappa shape index (κ1) is 15.2. The van der Waals surface area contributed by atoms with Gasteiger partial charge in [-0.25, -0.2) is 0 Å². The number of halogens is 3. The maximum absolute atomic E-state index is 12.2. The Labute approximate surface area is 120 Å². The van der Waals surface area contributed by atoms with E-state index < -0.39 is 6.36 Å². The summed E-state index contributed by atoms with van der Waals surface area (Å²) in [5, 5.41) is 3.21. The topological polar surface area (TPSA) is 34.2 Å². The molecule has 0 spiro atoms. The van der Waals surface area contributed by atoms with E-state index in [-0.39, 0.29) is 5.75 Å². The fourth-order valence-corrected chi connectivity index (χ4v) is 1.82. The number of rotatable bonds is 5. The van der Waals surface area contributed by atoms with Crippen LogP contribution in [0.3, 0.4) is 0 Å². The second kappa shape index (κ2) is 6.47. The molecule has 1 aromatic carbocycles. The predicted octanol–water partition coefficient (Wildman–Crippen LogP) is 4.47. The van der Waals surface area contributed by atoms with Gasteiger partial charge in [0.15, 0.2) is 0 Å². The van der Waals surface area contributed by atoms with Gasteiger partial charge in [-0.05, 0) is 30.7 Å². The highest BCUT2D eigenvalue weighted by Crippen LogP contribution is 2.27. The molecule has 0 radical (unpaired) electrons. The molecule has 0 saturated heterocycles. The quantitative estimate of drug-likeness (QED) is 0.884. The Balaban J connectivity index is 2.23. The molecule has 0 atom stereocenters. The Morgan fingerprint density at radius 1 is 1.19 bits per heavy atom. The number of alkyl halides is 3. The maximum atomic E-state index is 12.2. The molecular weight excluding hydrogens is 281 g/mol. The van der Waals surface area contributed by atoms with Gasteiger partial charge in [-0.1, -0.05) is 19.1 Å². The van der Waals surface area contributed by atoms with E-state index in [1.807, 2.05) is 13.0 Å². The molecule has 112 valence electrons. The van der Waals surface area contributed by atoms with Crippen LogP contribution in [0.15, 0.2) is 42.6 Å². The van der Waals surface area contributed by atoms with Crippen molar-refractivity contribution in [2.75, 3.05) is 11.9 Å². The van der Waals surface area contributed by atoms with Crippen LogP contribution in [0.2, 0.25) is 0 Å². The molecule has 1 aromatic heterocycles. The van der Waals surface area contributed by atoms with Crippen LogP contribution in [0.1, 0.15) is 13.3 Å². The lowest BCUT2D eigenvalue weighted by atomic mass is 10.1. The zero-order valence-electron chi connectivity index (χ0n) is 11.4. The summed E-state index contributed by atoms with van der Waals surface area (Å²) < 4.78 is 40.6. The van der Waals surface area contributed by atoms with E-state index in [1.54, 1.807) is 18.3 Å². The first-order valence-corrected chi connectivity index (χ1v) is 6.54. The summed E-state index contributed by atoms with van der Waals surface area (Å²) in [7, 11) is 0. The summed E-state index contributed by atoms with van der Waals surface area (Å²) in [6, 6.07) is 9.38. The van der Waals surface area contributed by atoms with Crippen LogP contribution in [0.5, 0.6) is 5.75 Å². The van der Waals surface area contributed by atoms with E-state index in [1.165, 1.54) is 18.2 Å². The summed E-state index contributed by atoms with van der Waals surface area (Å²) in [6.07, 6.45) is -2.10. The molecule has 2 aromatic rings. The van der Waals surface area contributed by atoms with Crippen molar-refractivity contribution in [2.24, 2.45) is 0 Å². The van der Waals surface area contributed by atoms with Crippen LogP contribution in [0, 0.1) is 0 Å². The first-order valence-electron chi connectivity index (χ1n) is 6.54. The highest BCUT2D eigenvalue weighted by molar-refractivity contribution is 5.65. The molecule has 0 aliphatic heterocycles. The third kappa shape index (κ3) is 4.66. The molecule has 0 unspecified atom stereocenters. The third-order valence-electron chi connectivity index (χ3n) is 2.70. The molecule has 1 N–H and O–H groups in total. The minimum absolute atomic E-state index is 0.256. The standard InChI is InChI=1S/C15H15F3N2O/c1-2-7-19-12-6-8-20-14(10-12)11-4-3-5-13(9-11)21-15(16,17)18/h3-6,8-10H,2,7H2,1H3,(H,19,20). The minimum atomic E-state index is -4.70. The number of nitrogens with zero attached hydrogens (tertiary/aromatic N) is 1. The normalized spacial score (nSPS) is 11.2. The number of anilines is 1. The lowest BCUT2D eigenvalue weighted by Gasteiger charge is -2.10. The van der Waals surface area contributed by atoms with Gasteiger partial charge in [0.25, 0.3) is 0 Å². The Bertz CT molecular complexity index is 599. The molecule has 1 heterocycles. The molecule has 21 heavy (non-hydrogen) atoms. The highest BCUT2D eigenvalue weighted by atomic mass is 19.4. The van der Waals surface area contributed by atoms with Gasteiger partial charge >= 0.3 is 6.36 Å². The fourth-order valence-electron chi connectivity index (χ4n) is 1.82. The number of pyridine rings is 1. The van der Waals surface area contributed by atoms with Crippen molar-refractivity contribution in [2.45, 2.75) is 19.7 Å². The van der Waals surface area contributed by atoms with Gasteiger partial charge < -0.3 is 10.1 Å². The van der Waals surface area contributed by atoms with E-state index in [9.17, 15) is 13.2 Å². The van der Waals surface area contributed by atoms with Crippen molar-refractivity contribution < 1.29 is 17.9 Å². The summed E-state index contributed by atoms with van der Waals surface area (Å²) in [6.45, 7) is 2.87. The van der Waals surface area contributed by atoms with E-state index in [0.29, 0.717) is 11.3 Å². The van der Waals surface area contributed by atoms with Gasteiger partial charge in [0.1, 0.15) is 5.75 Å². The van der Waals surface area contributed by atoms with Crippen LogP contribution in [-0.4, -0.2) is 17.9 Å². The van der Waals surface area contributed by atoms with Gasteiger partial charge in [0.05, 0.1) is 5.69 Å². The Morgan fingerprint density at radius 2 is 2.00 bits per heavy atom. The summed E-state index contributed by atoms with van der Waals surface area (Å²) in [5.74, 6) is -0.256. The predicted molar refractivity (Wildman–Crippen MR) is 75.1 cm³/mol. The average Bonchev–Trinajstić information content (AvgIpc) is 2.44. The highest BCUT2D eigenvalue weighted by Gasteiger charge is 2.31. The van der Waals surface area contributed by atoms with E-state index >= 15 is 0 Å². The van der Waals surface area contributed by atoms with Gasteiger partial charge in [-0.2, -0.15) is 0 Å². The molecule has 3 nitrogen and oxygen atoms in total. The molecular formula is C15H15F3N2O. The van der Waals surface area contributed by atoms with Crippen molar-refractivity contribution in [1.29, 1.82) is 0 Å². The zero-order valence-corrected chi connectivity index (χ0v) is 11.4. The van der Waals surface area contributed by atoms with E-state index in [0.717, 1.165) is 18.7 Å². The largest absolute Gasteiger partial charge is 0.573 e. The number of hydrogen-bond acceptors (Lipinski definition) is 3. The zero-order chi connectivity index (χ0) is 15.3. The monoisotopic (exact) mass is 296 g/mol. The van der Waals surface area contributed by atoms with Crippen molar-refractivity contribution in [3.05, 3.63) is 42.6 Å². The van der Waals surface area contributed by atoms with Crippen molar-refractivity contribution in [3.63, 3.8) is 0 Å². The van der Waals surface area contributed by atoms with Crippen LogP contribution in [-0.2, 0) is 0 Å². The van der Waals surface area contributed by atoms with Crippen molar-refractivity contribution >= 4 is 5.69 Å². The molecule has 0 bridgehead atoms. The maximum Gasteiger partial charge on any atom is 0.573 e. The lowest BCUT2D eigenvalue weighted by molar-refractivity contribution is -0.274. The second-order valence-electron chi connectivity index (χ2n) is 4.43. The van der Waals surface area contributed by atoms with E-state index in [2.05, 4.69) is 15.0 Å². The number of hydrogen-bond donors (Lipinski definition) is 1. The Hall–Kier alpha value is -2.24. The van der Waals surface area contributed by atoms with Gasteiger partial charge in [0.2, 0.25) is 0 Å². The molecule has 2 rings (SSSR count). The van der Waals surface area contributed by atoms with Crippen molar-refractivity contribution in [3.8, 4) is 17.0 Å². The van der Waals surface area contributed by atoms with Gasteiger partial charge in [-0.15, -0.1) is 13.2 Å². The van der Waals surface area contributed by atoms with Crippen LogP contribution < -0.4 is 10.1 Å². The Kier molecular flexibility index (Phi) is 4.67. The SMILES string of the molecule is CCCNc1ccnc(-c2cccc(OC(F)(F)F)c2)c1. The molecule has 0 saturated carbocycles. The smallest absolute Gasteiger partial charge is 0.406 e. The number of benzene rings is 1. The van der Waals surface area contributed by atoms with Crippen LogP contribution in [0.25, 0.3) is 11.3 Å². The molecule has 0 aliphatic rings. The fraction of sp³-hybridized carbons (Fsp3) is 0.267. The van der Waals surface area contributed by atoms with Crippen molar-refractivity contribution in [1.82, 2.24) is 4.98 Å².